The van der Waals surface area contributed by atoms with E-state index < -0.39 is 18.3 Å². The molecule has 0 fully saturated rings. The second kappa shape index (κ2) is 4.28. The molecule has 8 heteroatoms. The van der Waals surface area contributed by atoms with Gasteiger partial charge in [-0.15, -0.1) is 0 Å². The summed E-state index contributed by atoms with van der Waals surface area (Å²) in [5.41, 5.74) is 0.628. The number of nitrogens with zero attached hydrogens (tertiary/aromatic N) is 1. The molecule has 1 heterocycles. The first-order valence-corrected chi connectivity index (χ1v) is 4.82. The second-order valence-corrected chi connectivity index (χ2v) is 3.55. The number of aromatic nitrogens is 2. The van der Waals surface area contributed by atoms with E-state index in [1.165, 1.54) is 24.4 Å². The van der Waals surface area contributed by atoms with Crippen molar-refractivity contribution in [1.29, 1.82) is 0 Å². The highest BCUT2D eigenvalue weighted by Crippen LogP contribution is 2.25. The van der Waals surface area contributed by atoms with E-state index in [2.05, 4.69) is 10.2 Å². The molecule has 0 aliphatic rings. The summed E-state index contributed by atoms with van der Waals surface area (Å²) in [7, 11) is 0. The van der Waals surface area contributed by atoms with Gasteiger partial charge in [-0.25, -0.2) is 8.78 Å². The topological polar surface area (TPSA) is 57.8 Å². The average molecular weight is 261 g/mol. The second-order valence-electron chi connectivity index (χ2n) is 3.55. The van der Waals surface area contributed by atoms with Crippen LogP contribution in [0.2, 0.25) is 0 Å². The Morgan fingerprint density at radius 2 is 2.11 bits per heavy atom. The molecule has 2 aromatic rings. The minimum atomic E-state index is -4.72. The molecular weight excluding hydrogens is 254 g/mol. The van der Waals surface area contributed by atoms with Crippen molar-refractivity contribution in [2.45, 2.75) is 12.3 Å². The minimum absolute atomic E-state index is 0.00535. The molecule has 0 saturated heterocycles. The van der Waals surface area contributed by atoms with Crippen molar-refractivity contribution in [3.8, 4) is 0 Å². The van der Waals surface area contributed by atoms with E-state index in [0.717, 1.165) is 0 Å². The van der Waals surface area contributed by atoms with Crippen LogP contribution in [-0.2, 0) is 4.79 Å². The summed E-state index contributed by atoms with van der Waals surface area (Å²) < 4.78 is 49.3. The van der Waals surface area contributed by atoms with Gasteiger partial charge in [0.05, 0.1) is 11.7 Å². The van der Waals surface area contributed by atoms with E-state index in [1.54, 1.807) is 5.32 Å². The van der Waals surface area contributed by atoms with Gasteiger partial charge in [-0.3, -0.25) is 9.89 Å². The highest BCUT2D eigenvalue weighted by atomic mass is 19.3. The molecule has 0 spiro atoms. The molecule has 0 aliphatic heterocycles. The number of fused-ring (bicyclic) bond motifs is 1. The largest absolute Gasteiger partial charge is 0.383 e. The zero-order valence-corrected chi connectivity index (χ0v) is 8.75. The first-order valence-electron chi connectivity index (χ1n) is 4.82. The molecule has 0 saturated carbocycles. The molecule has 1 amide bonds. The molecule has 1 aromatic heterocycles. The number of halogens is 4. The lowest BCUT2D eigenvalue weighted by molar-refractivity contribution is -0.163. The Kier molecular flexibility index (Phi) is 2.93. The highest BCUT2D eigenvalue weighted by molar-refractivity contribution is 5.98. The number of amides is 1. The average Bonchev–Trinajstić information content (AvgIpc) is 2.75. The predicted molar refractivity (Wildman–Crippen MR) is 55.7 cm³/mol. The lowest BCUT2D eigenvalue weighted by Gasteiger charge is -2.14. The molecular formula is C10H7F4N3O. The first-order chi connectivity index (χ1) is 8.41. The number of anilines is 1. The van der Waals surface area contributed by atoms with Crippen LogP contribution in [0.15, 0.2) is 24.4 Å². The molecule has 1 aromatic carbocycles. The van der Waals surface area contributed by atoms with Crippen molar-refractivity contribution in [2.24, 2.45) is 0 Å². The molecule has 0 radical (unpaired) electrons. The van der Waals surface area contributed by atoms with Gasteiger partial charge in [-0.1, -0.05) is 0 Å². The summed E-state index contributed by atoms with van der Waals surface area (Å²) >= 11 is 0. The van der Waals surface area contributed by atoms with Crippen LogP contribution in [-0.4, -0.2) is 28.5 Å². The Bertz CT molecular complexity index is 581. The highest BCUT2D eigenvalue weighted by Gasteiger charge is 2.48. The molecule has 2 N–H and O–H groups in total. The molecule has 0 atom stereocenters. The van der Waals surface area contributed by atoms with Gasteiger partial charge in [0.25, 0.3) is 0 Å². The first kappa shape index (κ1) is 12.3. The number of hydrogen-bond donors (Lipinski definition) is 2. The number of aromatic amines is 1. The molecule has 0 aliphatic carbocycles. The maximum atomic E-state index is 12.7. The Hall–Kier alpha value is -2.12. The molecule has 0 unspecified atom stereocenters. The Morgan fingerprint density at radius 3 is 2.78 bits per heavy atom. The van der Waals surface area contributed by atoms with Crippen molar-refractivity contribution in [1.82, 2.24) is 10.2 Å². The maximum absolute atomic E-state index is 12.7. The van der Waals surface area contributed by atoms with E-state index in [4.69, 9.17) is 0 Å². The van der Waals surface area contributed by atoms with Gasteiger partial charge in [-0.2, -0.15) is 13.9 Å². The number of carbonyl (C=O) groups excluding carboxylic acids is 1. The lowest BCUT2D eigenvalue weighted by Crippen LogP contribution is -2.40. The van der Waals surface area contributed by atoms with Crippen molar-refractivity contribution in [3.63, 3.8) is 0 Å². The van der Waals surface area contributed by atoms with Crippen LogP contribution in [0.5, 0.6) is 0 Å². The number of alkyl halides is 4. The lowest BCUT2D eigenvalue weighted by atomic mass is 10.2. The van der Waals surface area contributed by atoms with Crippen molar-refractivity contribution >= 4 is 22.5 Å². The van der Waals surface area contributed by atoms with Gasteiger partial charge in [0.15, 0.2) is 0 Å². The van der Waals surface area contributed by atoms with Crippen LogP contribution in [0, 0.1) is 0 Å². The van der Waals surface area contributed by atoms with Crippen molar-refractivity contribution in [3.05, 3.63) is 24.4 Å². The van der Waals surface area contributed by atoms with Gasteiger partial charge >= 0.3 is 18.3 Å². The van der Waals surface area contributed by atoms with Crippen LogP contribution in [0.4, 0.5) is 23.2 Å². The third-order valence-corrected chi connectivity index (χ3v) is 2.27. The number of carbonyl (C=O) groups is 1. The summed E-state index contributed by atoms with van der Waals surface area (Å²) in [6.07, 6.45) is -2.63. The van der Waals surface area contributed by atoms with Crippen molar-refractivity contribution < 1.29 is 22.4 Å². The number of nitrogens with one attached hydrogen (secondary N) is 2. The van der Waals surface area contributed by atoms with E-state index >= 15 is 0 Å². The summed E-state index contributed by atoms with van der Waals surface area (Å²) in [4.78, 5) is 11.0. The van der Waals surface area contributed by atoms with Crippen LogP contribution < -0.4 is 5.32 Å². The summed E-state index contributed by atoms with van der Waals surface area (Å²) in [6, 6.07) is 4.14. The standard InChI is InChI=1S/C10H7F4N3O/c11-8(12)10(13,14)9(18)16-6-1-2-7-5(3-6)4-15-17-7/h1-4,8H,(H,15,17)(H,16,18). The zero-order chi connectivity index (χ0) is 13.3. The molecule has 96 valence electrons. The van der Waals surface area contributed by atoms with Crippen molar-refractivity contribution in [2.75, 3.05) is 5.32 Å². The van der Waals surface area contributed by atoms with E-state index in [0.29, 0.717) is 10.9 Å². The molecule has 18 heavy (non-hydrogen) atoms. The fourth-order valence-corrected chi connectivity index (χ4v) is 1.33. The fourth-order valence-electron chi connectivity index (χ4n) is 1.33. The summed E-state index contributed by atoms with van der Waals surface area (Å²) in [5.74, 6) is -6.76. The minimum Gasteiger partial charge on any atom is -0.321 e. The molecule has 4 nitrogen and oxygen atoms in total. The monoisotopic (exact) mass is 261 g/mol. The van der Waals surface area contributed by atoms with Gasteiger partial charge in [-0.05, 0) is 18.2 Å². The van der Waals surface area contributed by atoms with Gasteiger partial charge in [0, 0.05) is 11.1 Å². The third-order valence-electron chi connectivity index (χ3n) is 2.27. The molecule has 0 bridgehead atoms. The van der Waals surface area contributed by atoms with Gasteiger partial charge in [0.1, 0.15) is 0 Å². The van der Waals surface area contributed by atoms with Gasteiger partial charge < -0.3 is 5.32 Å². The predicted octanol–water partition coefficient (Wildman–Crippen LogP) is 2.40. The van der Waals surface area contributed by atoms with E-state index in [1.807, 2.05) is 0 Å². The fraction of sp³-hybridized carbons (Fsp3) is 0.200. The number of benzene rings is 1. The van der Waals surface area contributed by atoms with Crippen LogP contribution in [0.25, 0.3) is 10.9 Å². The smallest absolute Gasteiger partial charge is 0.321 e. The van der Waals surface area contributed by atoms with Crippen LogP contribution >= 0.6 is 0 Å². The third kappa shape index (κ3) is 2.13. The maximum Gasteiger partial charge on any atom is 0.383 e. The Morgan fingerprint density at radius 1 is 1.39 bits per heavy atom. The normalized spacial score (nSPS) is 12.1. The van der Waals surface area contributed by atoms with Crippen LogP contribution in [0.3, 0.4) is 0 Å². The number of rotatable bonds is 3. The number of H-pyrrole nitrogens is 1. The van der Waals surface area contributed by atoms with E-state index in [9.17, 15) is 22.4 Å². The Labute approximate surface area is 98.0 Å². The number of hydrogen-bond acceptors (Lipinski definition) is 2. The SMILES string of the molecule is O=C(Nc1ccc2[nH]ncc2c1)C(F)(F)C(F)F. The van der Waals surface area contributed by atoms with Crippen LogP contribution in [0.1, 0.15) is 0 Å². The quantitative estimate of drug-likeness (QED) is 0.833. The summed E-state index contributed by atoms with van der Waals surface area (Å²) in [6.45, 7) is 0. The van der Waals surface area contributed by atoms with Gasteiger partial charge in [0.2, 0.25) is 0 Å². The molecule has 2 rings (SSSR count). The zero-order valence-electron chi connectivity index (χ0n) is 8.75. The van der Waals surface area contributed by atoms with E-state index in [-0.39, 0.29) is 5.69 Å². The Balaban J connectivity index is 2.21. The summed E-state index contributed by atoms with van der Waals surface area (Å²) in [5, 5.41) is 8.61.